The number of rotatable bonds is 13. The number of aliphatic carboxylic acids is 2. The van der Waals surface area contributed by atoms with Crippen LogP contribution in [0.1, 0.15) is 61.6 Å². The molecule has 2 aliphatic heterocycles. The summed E-state index contributed by atoms with van der Waals surface area (Å²) < 4.78 is 12.5. The maximum atomic E-state index is 14.0. The number of carboxylic acid groups (broad SMARTS) is 2. The number of ether oxygens (including phenoxy) is 2. The number of halogens is 1. The molecule has 14 nitrogen and oxygen atoms in total. The van der Waals surface area contributed by atoms with Gasteiger partial charge in [-0.2, -0.15) is 0 Å². The van der Waals surface area contributed by atoms with Gasteiger partial charge in [-0.3, -0.25) is 23.9 Å². The number of thiazole rings is 2. The highest BCUT2D eigenvalue weighted by Gasteiger charge is 2.35. The number of nitrogens with one attached hydrogen (secondary N) is 1. The van der Waals surface area contributed by atoms with Crippen LogP contribution >= 0.6 is 34.3 Å². The predicted molar refractivity (Wildman–Crippen MR) is 219 cm³/mol. The molecule has 5 aromatic rings. The Bertz CT molecular complexity index is 2310. The Balaban J connectivity index is 1.10. The lowest BCUT2D eigenvalue weighted by molar-refractivity contribution is -0.141. The van der Waals surface area contributed by atoms with E-state index in [9.17, 15) is 29.4 Å². The second-order valence-corrected chi connectivity index (χ2v) is 16.7. The summed E-state index contributed by atoms with van der Waals surface area (Å²) in [5.74, 6) is -2.73. The molecule has 0 spiro atoms. The van der Waals surface area contributed by atoms with Crippen molar-refractivity contribution in [2.45, 2.75) is 58.2 Å². The SMILES string of the molecule is Cc1nc(C(=O)n2ccc3c(-c4cccc(NC(=O)c5nc(C)c(N(C)[C@H](C(=O)O)C6CCOCC6)s5)c4Cl)cccc32)sc1CN(CC(=O)O)C1CCOCC1. The van der Waals surface area contributed by atoms with Crippen LogP contribution in [0.2, 0.25) is 5.02 Å². The molecule has 3 N–H and O–H groups in total. The Kier molecular flexibility index (Phi) is 12.4. The van der Waals surface area contributed by atoms with E-state index in [1.54, 1.807) is 41.8 Å². The van der Waals surface area contributed by atoms with E-state index < -0.39 is 23.9 Å². The van der Waals surface area contributed by atoms with Gasteiger partial charge in [0.25, 0.3) is 11.8 Å². The van der Waals surface area contributed by atoms with Crippen LogP contribution in [0.4, 0.5) is 10.7 Å². The highest BCUT2D eigenvalue weighted by atomic mass is 35.5. The summed E-state index contributed by atoms with van der Waals surface area (Å²) in [6.07, 6.45) is 4.45. The number of aryl methyl sites for hydroxylation is 2. The molecule has 7 rings (SSSR count). The van der Waals surface area contributed by atoms with Gasteiger partial charge in [0.1, 0.15) is 11.0 Å². The van der Waals surface area contributed by atoms with Crippen molar-refractivity contribution in [2.24, 2.45) is 5.92 Å². The topological polar surface area (TPSA) is 176 Å². The minimum atomic E-state index is -0.934. The van der Waals surface area contributed by atoms with Gasteiger partial charge >= 0.3 is 11.9 Å². The van der Waals surface area contributed by atoms with Gasteiger partial charge in [0.15, 0.2) is 10.0 Å². The van der Waals surface area contributed by atoms with Gasteiger partial charge in [-0.05, 0) is 69.2 Å². The number of benzene rings is 2. The molecule has 0 aliphatic carbocycles. The first-order chi connectivity index (χ1) is 27.4. The number of fused-ring (bicyclic) bond motifs is 1. The first-order valence-electron chi connectivity index (χ1n) is 18.7. The number of carbonyl (C=O) groups excluding carboxylic acids is 2. The number of carboxylic acids is 2. The zero-order chi connectivity index (χ0) is 40.4. The quantitative estimate of drug-likeness (QED) is 0.113. The number of hydrogen-bond donors (Lipinski definition) is 3. The molecule has 0 radical (unpaired) electrons. The number of anilines is 2. The van der Waals surface area contributed by atoms with Gasteiger partial charge in [0.2, 0.25) is 0 Å². The smallest absolute Gasteiger partial charge is 0.326 e. The molecule has 1 amide bonds. The van der Waals surface area contributed by atoms with Crippen LogP contribution in [0.5, 0.6) is 0 Å². The first kappa shape index (κ1) is 40.5. The minimum absolute atomic E-state index is 0.0678. The first-order valence-corrected chi connectivity index (χ1v) is 20.7. The van der Waals surface area contributed by atoms with Crippen molar-refractivity contribution in [3.8, 4) is 11.1 Å². The van der Waals surface area contributed by atoms with Crippen molar-refractivity contribution in [3.05, 3.63) is 80.0 Å². The molecule has 0 bridgehead atoms. The van der Waals surface area contributed by atoms with E-state index in [-0.39, 0.29) is 29.4 Å². The summed E-state index contributed by atoms with van der Waals surface area (Å²) in [4.78, 5) is 65.2. The molecule has 57 heavy (non-hydrogen) atoms. The number of carbonyl (C=O) groups is 4. The van der Waals surface area contributed by atoms with E-state index >= 15 is 0 Å². The molecule has 2 aromatic carbocycles. The highest BCUT2D eigenvalue weighted by Crippen LogP contribution is 2.39. The molecule has 0 unspecified atom stereocenters. The molecular formula is C40H43ClN6O8S2. The molecule has 0 saturated carbocycles. The van der Waals surface area contributed by atoms with Crippen LogP contribution in [0, 0.1) is 19.8 Å². The van der Waals surface area contributed by atoms with E-state index in [1.807, 2.05) is 42.2 Å². The van der Waals surface area contributed by atoms with Crippen molar-refractivity contribution >= 4 is 79.6 Å². The molecule has 3 aromatic heterocycles. The molecular weight excluding hydrogens is 792 g/mol. The van der Waals surface area contributed by atoms with Crippen LogP contribution in [0.15, 0.2) is 48.7 Å². The van der Waals surface area contributed by atoms with Crippen molar-refractivity contribution in [1.82, 2.24) is 19.4 Å². The Morgan fingerprint density at radius 2 is 1.58 bits per heavy atom. The fraction of sp³-hybridized carbons (Fsp3) is 0.400. The molecule has 2 aliphatic rings. The average Bonchev–Trinajstić information content (AvgIpc) is 3.92. The molecule has 17 heteroatoms. The van der Waals surface area contributed by atoms with Gasteiger partial charge < -0.3 is 29.9 Å². The van der Waals surface area contributed by atoms with Crippen LogP contribution in [-0.2, 0) is 25.6 Å². The summed E-state index contributed by atoms with van der Waals surface area (Å²) in [5, 5.41) is 24.7. The minimum Gasteiger partial charge on any atom is -0.480 e. The van der Waals surface area contributed by atoms with Gasteiger partial charge in [-0.1, -0.05) is 47.2 Å². The van der Waals surface area contributed by atoms with Crippen LogP contribution < -0.4 is 10.2 Å². The van der Waals surface area contributed by atoms with Gasteiger partial charge in [0, 0.05) is 68.1 Å². The average molecular weight is 835 g/mol. The Morgan fingerprint density at radius 1 is 0.912 bits per heavy atom. The third-order valence-corrected chi connectivity index (χ3v) is 13.4. The predicted octanol–water partition coefficient (Wildman–Crippen LogP) is 6.81. The monoisotopic (exact) mass is 834 g/mol. The Hall–Kier alpha value is -4.71. The third kappa shape index (κ3) is 8.61. The number of hydrogen-bond acceptors (Lipinski definition) is 12. The zero-order valence-electron chi connectivity index (χ0n) is 31.7. The van der Waals surface area contributed by atoms with Crippen LogP contribution in [0.3, 0.4) is 0 Å². The van der Waals surface area contributed by atoms with Crippen molar-refractivity contribution < 1.29 is 38.9 Å². The normalized spacial score (nSPS) is 15.9. The highest BCUT2D eigenvalue weighted by molar-refractivity contribution is 7.17. The second-order valence-electron chi connectivity index (χ2n) is 14.3. The fourth-order valence-electron chi connectivity index (χ4n) is 7.74. The maximum Gasteiger partial charge on any atom is 0.326 e. The Labute approximate surface area is 342 Å². The molecule has 2 fully saturated rings. The number of likely N-dealkylation sites (N-methyl/N-ethyl adjacent to an activating group) is 1. The van der Waals surface area contributed by atoms with E-state index in [2.05, 4.69) is 15.3 Å². The number of amides is 1. The molecule has 2 saturated heterocycles. The summed E-state index contributed by atoms with van der Waals surface area (Å²) in [6, 6.07) is 12.0. The Morgan fingerprint density at radius 3 is 2.28 bits per heavy atom. The van der Waals surface area contributed by atoms with Crippen LogP contribution in [0.25, 0.3) is 22.0 Å². The van der Waals surface area contributed by atoms with Crippen LogP contribution in [-0.4, -0.2) is 106 Å². The third-order valence-electron chi connectivity index (χ3n) is 10.6. The fourth-order valence-corrected chi connectivity index (χ4v) is 10.00. The number of aromatic nitrogens is 3. The van der Waals surface area contributed by atoms with Crippen molar-refractivity contribution in [3.63, 3.8) is 0 Å². The van der Waals surface area contributed by atoms with E-state index in [1.165, 1.54) is 11.3 Å². The second kappa shape index (κ2) is 17.4. The van der Waals surface area contributed by atoms with E-state index in [0.29, 0.717) is 89.0 Å². The van der Waals surface area contributed by atoms with Crippen molar-refractivity contribution in [2.75, 3.05) is 50.2 Å². The lowest BCUT2D eigenvalue weighted by Crippen LogP contribution is -2.46. The summed E-state index contributed by atoms with van der Waals surface area (Å²) in [6.45, 7) is 6.04. The van der Waals surface area contributed by atoms with Gasteiger partial charge in [-0.25, -0.2) is 14.8 Å². The summed E-state index contributed by atoms with van der Waals surface area (Å²) in [5.41, 5.74) is 3.63. The molecule has 300 valence electrons. The summed E-state index contributed by atoms with van der Waals surface area (Å²) >= 11 is 9.39. The lowest BCUT2D eigenvalue weighted by Gasteiger charge is -2.34. The standard InChI is InChI=1S/C40H43ClN6O8S2/c1-22-31(20-46(21-32(48)49)25-13-18-55-19-14-25)56-37(42-22)38(51)47-15-10-27-26(6-5-9-30(27)47)28-7-4-8-29(33(28)41)44-35(50)36-43-23(2)39(57-36)45(3)34(40(52)53)24-11-16-54-17-12-24/h4-10,15,24-25,34H,11-14,16-21H2,1-3H3,(H,44,50)(H,48,49)(H,52,53)/t34-/m0/s1. The van der Waals surface area contributed by atoms with Gasteiger partial charge in [-0.15, -0.1) is 11.3 Å². The largest absolute Gasteiger partial charge is 0.480 e. The summed E-state index contributed by atoms with van der Waals surface area (Å²) in [7, 11) is 1.72. The molecule has 1 atom stereocenters. The zero-order valence-corrected chi connectivity index (χ0v) is 34.1. The maximum absolute atomic E-state index is 14.0. The van der Waals surface area contributed by atoms with E-state index in [0.717, 1.165) is 40.0 Å². The number of nitrogens with zero attached hydrogens (tertiary/aromatic N) is 5. The van der Waals surface area contributed by atoms with Gasteiger partial charge in [0.05, 0.1) is 34.2 Å². The van der Waals surface area contributed by atoms with E-state index in [4.69, 9.17) is 21.1 Å². The lowest BCUT2D eigenvalue weighted by atomic mass is 9.91. The molecule has 5 heterocycles. The van der Waals surface area contributed by atoms with Crippen molar-refractivity contribution in [1.29, 1.82) is 0 Å².